The molecule has 0 amide bonds. The first-order chi connectivity index (χ1) is 8.79. The molecule has 0 bridgehead atoms. The molecule has 1 aromatic heterocycles. The van der Waals surface area contributed by atoms with E-state index in [2.05, 4.69) is 10.2 Å². The summed E-state index contributed by atoms with van der Waals surface area (Å²) in [5, 5.41) is 8.43. The molecular formula is C14H22N2OS. The second-order valence-electron chi connectivity index (χ2n) is 2.94. The molecule has 0 unspecified atom stereocenters. The van der Waals surface area contributed by atoms with E-state index in [0.717, 1.165) is 5.56 Å². The zero-order chi connectivity index (χ0) is 14.0. The van der Waals surface area contributed by atoms with Crippen LogP contribution in [0.3, 0.4) is 0 Å². The van der Waals surface area contributed by atoms with Crippen LogP contribution >= 0.6 is 11.8 Å². The molecule has 1 heterocycles. The summed E-state index contributed by atoms with van der Waals surface area (Å²) in [5.41, 5.74) is 2.18. The monoisotopic (exact) mass is 266 g/mol. The lowest BCUT2D eigenvalue weighted by Gasteiger charge is -1.94. The van der Waals surface area contributed by atoms with Crippen molar-refractivity contribution < 1.29 is 4.42 Å². The molecule has 3 nitrogen and oxygen atoms in total. The highest BCUT2D eigenvalue weighted by Crippen LogP contribution is 2.21. The largest absolute Gasteiger partial charge is 0.411 e. The lowest BCUT2D eigenvalue weighted by Crippen LogP contribution is -1.77. The van der Waals surface area contributed by atoms with Gasteiger partial charge in [-0.25, -0.2) is 0 Å². The number of aryl methyl sites for hydroxylation is 1. The summed E-state index contributed by atoms with van der Waals surface area (Å²) < 4.78 is 5.40. The first-order valence-corrected chi connectivity index (χ1v) is 7.46. The number of hydrogen-bond acceptors (Lipinski definition) is 4. The van der Waals surface area contributed by atoms with Crippen LogP contribution in [-0.4, -0.2) is 16.5 Å². The lowest BCUT2D eigenvalue weighted by molar-refractivity contribution is 0.466. The maximum atomic E-state index is 5.40. The lowest BCUT2D eigenvalue weighted by atomic mass is 10.1. The van der Waals surface area contributed by atoms with Gasteiger partial charge in [-0.1, -0.05) is 57.2 Å². The Hall–Kier alpha value is -1.29. The van der Waals surface area contributed by atoms with E-state index in [-0.39, 0.29) is 0 Å². The molecule has 2 rings (SSSR count). The highest BCUT2D eigenvalue weighted by atomic mass is 32.2. The molecular weight excluding hydrogens is 244 g/mol. The maximum absolute atomic E-state index is 5.40. The van der Waals surface area contributed by atoms with Crippen molar-refractivity contribution in [2.75, 3.05) is 6.26 Å². The third-order valence-corrected chi connectivity index (χ3v) is 2.39. The molecule has 0 radical (unpaired) electrons. The van der Waals surface area contributed by atoms with Crippen LogP contribution in [0.5, 0.6) is 0 Å². The third kappa shape index (κ3) is 4.92. The Morgan fingerprint density at radius 2 is 1.50 bits per heavy atom. The Kier molecular flexibility index (Phi) is 9.01. The van der Waals surface area contributed by atoms with Crippen LogP contribution in [-0.2, 0) is 0 Å². The van der Waals surface area contributed by atoms with Crippen molar-refractivity contribution in [1.29, 1.82) is 0 Å². The summed E-state index contributed by atoms with van der Waals surface area (Å²) in [7, 11) is 0. The third-order valence-electron chi connectivity index (χ3n) is 1.88. The summed E-state index contributed by atoms with van der Waals surface area (Å²) in [6, 6.07) is 8.01. The average Bonchev–Trinajstić information content (AvgIpc) is 2.93. The summed E-state index contributed by atoms with van der Waals surface area (Å²) in [5.74, 6) is 0.578. The normalized spacial score (nSPS) is 8.78. The Labute approximate surface area is 114 Å². The van der Waals surface area contributed by atoms with Crippen LogP contribution in [0.25, 0.3) is 11.5 Å². The van der Waals surface area contributed by atoms with Gasteiger partial charge in [0.15, 0.2) is 0 Å². The molecule has 100 valence electrons. The van der Waals surface area contributed by atoms with Crippen molar-refractivity contribution >= 4 is 11.8 Å². The van der Waals surface area contributed by atoms with Gasteiger partial charge in [0.1, 0.15) is 0 Å². The second-order valence-corrected chi connectivity index (χ2v) is 3.70. The molecule has 4 heteroatoms. The summed E-state index contributed by atoms with van der Waals surface area (Å²) in [6.07, 6.45) is 1.91. The SMILES string of the molecule is CC.CC.CSc1nnc(-c2ccc(C)cc2)o1. The number of nitrogens with zero attached hydrogens (tertiary/aromatic N) is 2. The quantitative estimate of drug-likeness (QED) is 0.730. The Bertz CT molecular complexity index is 424. The van der Waals surface area contributed by atoms with Gasteiger partial charge in [-0.05, 0) is 25.3 Å². The fourth-order valence-corrected chi connectivity index (χ4v) is 1.39. The molecule has 2 aromatic rings. The van der Waals surface area contributed by atoms with Crippen LogP contribution in [0.2, 0.25) is 0 Å². The number of rotatable bonds is 2. The zero-order valence-electron chi connectivity index (χ0n) is 12.0. The van der Waals surface area contributed by atoms with Gasteiger partial charge in [-0.2, -0.15) is 0 Å². The fourth-order valence-electron chi connectivity index (χ4n) is 1.11. The van der Waals surface area contributed by atoms with Gasteiger partial charge < -0.3 is 4.42 Å². The standard InChI is InChI=1S/C10H10N2OS.2C2H6/c1-7-3-5-8(6-4-7)9-11-12-10(13-9)14-2;2*1-2/h3-6H,1-2H3;2*1-2H3. The van der Waals surface area contributed by atoms with Crippen molar-refractivity contribution in [3.05, 3.63) is 29.8 Å². The van der Waals surface area contributed by atoms with Gasteiger partial charge in [0.2, 0.25) is 5.89 Å². The topological polar surface area (TPSA) is 38.9 Å². The van der Waals surface area contributed by atoms with E-state index < -0.39 is 0 Å². The van der Waals surface area contributed by atoms with Crippen molar-refractivity contribution in [2.45, 2.75) is 39.8 Å². The minimum Gasteiger partial charge on any atom is -0.411 e. The van der Waals surface area contributed by atoms with Gasteiger partial charge in [0.25, 0.3) is 5.22 Å². The van der Waals surface area contributed by atoms with E-state index >= 15 is 0 Å². The van der Waals surface area contributed by atoms with Crippen LogP contribution in [0.1, 0.15) is 33.3 Å². The maximum Gasteiger partial charge on any atom is 0.276 e. The van der Waals surface area contributed by atoms with Crippen LogP contribution < -0.4 is 0 Å². The van der Waals surface area contributed by atoms with Gasteiger partial charge >= 0.3 is 0 Å². The molecule has 18 heavy (non-hydrogen) atoms. The van der Waals surface area contributed by atoms with E-state index in [1.165, 1.54) is 17.3 Å². The molecule has 0 aliphatic heterocycles. The number of hydrogen-bond donors (Lipinski definition) is 0. The van der Waals surface area contributed by atoms with Crippen molar-refractivity contribution in [3.63, 3.8) is 0 Å². The van der Waals surface area contributed by atoms with E-state index in [1.54, 1.807) is 0 Å². The van der Waals surface area contributed by atoms with Crippen LogP contribution in [0.4, 0.5) is 0 Å². The van der Waals surface area contributed by atoms with Crippen LogP contribution in [0, 0.1) is 6.92 Å². The number of aromatic nitrogens is 2. The predicted octanol–water partition coefficient (Wildman–Crippen LogP) is 4.82. The molecule has 1 aromatic carbocycles. The highest BCUT2D eigenvalue weighted by Gasteiger charge is 2.06. The molecule has 0 aliphatic carbocycles. The van der Waals surface area contributed by atoms with E-state index in [0.29, 0.717) is 11.1 Å². The van der Waals surface area contributed by atoms with E-state index in [9.17, 15) is 0 Å². The number of thioether (sulfide) groups is 1. The molecule has 0 atom stereocenters. The Morgan fingerprint density at radius 3 is 1.94 bits per heavy atom. The summed E-state index contributed by atoms with van der Waals surface area (Å²) in [4.78, 5) is 0. The second kappa shape index (κ2) is 9.71. The molecule has 0 fully saturated rings. The van der Waals surface area contributed by atoms with Crippen molar-refractivity contribution in [3.8, 4) is 11.5 Å². The first kappa shape index (κ1) is 16.7. The van der Waals surface area contributed by atoms with Gasteiger partial charge in [-0.15, -0.1) is 10.2 Å². The summed E-state index contributed by atoms with van der Waals surface area (Å²) >= 11 is 1.45. The smallest absolute Gasteiger partial charge is 0.276 e. The predicted molar refractivity (Wildman–Crippen MR) is 78.9 cm³/mol. The Morgan fingerprint density at radius 1 is 0.944 bits per heavy atom. The van der Waals surface area contributed by atoms with E-state index in [4.69, 9.17) is 4.42 Å². The minimum absolute atomic E-state index is 0.578. The van der Waals surface area contributed by atoms with Gasteiger partial charge in [0.05, 0.1) is 0 Å². The van der Waals surface area contributed by atoms with Crippen molar-refractivity contribution in [2.24, 2.45) is 0 Å². The molecule has 0 N–H and O–H groups in total. The molecule has 0 spiro atoms. The van der Waals surface area contributed by atoms with Gasteiger partial charge in [0, 0.05) is 5.56 Å². The Balaban J connectivity index is 0.000000659. The number of benzene rings is 1. The van der Waals surface area contributed by atoms with Crippen molar-refractivity contribution in [1.82, 2.24) is 10.2 Å². The highest BCUT2D eigenvalue weighted by molar-refractivity contribution is 7.98. The fraction of sp³-hybridized carbons (Fsp3) is 0.429. The van der Waals surface area contributed by atoms with Crippen LogP contribution in [0.15, 0.2) is 33.9 Å². The average molecular weight is 266 g/mol. The minimum atomic E-state index is 0.578. The van der Waals surface area contributed by atoms with Gasteiger partial charge in [-0.3, -0.25) is 0 Å². The first-order valence-electron chi connectivity index (χ1n) is 6.24. The zero-order valence-corrected chi connectivity index (χ0v) is 12.8. The molecule has 0 saturated carbocycles. The summed E-state index contributed by atoms with van der Waals surface area (Å²) in [6.45, 7) is 10.0. The van der Waals surface area contributed by atoms with E-state index in [1.807, 2.05) is 65.1 Å². The molecule has 0 saturated heterocycles. The molecule has 0 aliphatic rings.